The van der Waals surface area contributed by atoms with Crippen molar-refractivity contribution < 1.29 is 9.53 Å². The molecule has 0 spiro atoms. The summed E-state index contributed by atoms with van der Waals surface area (Å²) in [6.07, 6.45) is 3.50. The van der Waals surface area contributed by atoms with Gasteiger partial charge in [0.1, 0.15) is 6.04 Å². The lowest BCUT2D eigenvalue weighted by Crippen LogP contribution is -2.51. The molecule has 1 saturated heterocycles. The quantitative estimate of drug-likeness (QED) is 0.900. The summed E-state index contributed by atoms with van der Waals surface area (Å²) in [6, 6.07) is 3.61. The summed E-state index contributed by atoms with van der Waals surface area (Å²) in [5, 5.41) is 3.15. The number of aromatic nitrogens is 1. The smallest absolute Gasteiger partial charge is 0.242 e. The Labute approximate surface area is 125 Å². The van der Waals surface area contributed by atoms with Gasteiger partial charge in [0, 0.05) is 32.5 Å². The highest BCUT2D eigenvalue weighted by atomic mass is 35.5. The molecule has 5 nitrogen and oxygen atoms in total. The van der Waals surface area contributed by atoms with E-state index >= 15 is 0 Å². The normalized spacial score (nSPS) is 17.8. The standard InChI is InChI=1S/C12H17N3O2.2ClH/c1-15(8-10-3-2-4-13-7-10)12(16)11-9-17-6-5-14-11;;/h2-4,7,11,14H,5-6,8-9H2,1H3;2*1H. The third kappa shape index (κ3) is 5.32. The molecule has 108 valence electrons. The number of hydrogen-bond donors (Lipinski definition) is 1. The predicted molar refractivity (Wildman–Crippen MR) is 77.8 cm³/mol. The van der Waals surface area contributed by atoms with Crippen molar-refractivity contribution in [3.05, 3.63) is 30.1 Å². The van der Waals surface area contributed by atoms with Gasteiger partial charge in [0.25, 0.3) is 0 Å². The molecule has 1 fully saturated rings. The van der Waals surface area contributed by atoms with Crippen molar-refractivity contribution in [1.82, 2.24) is 15.2 Å². The molecule has 1 aromatic heterocycles. The molecule has 19 heavy (non-hydrogen) atoms. The van der Waals surface area contributed by atoms with Crippen molar-refractivity contribution in [1.29, 1.82) is 0 Å². The van der Waals surface area contributed by atoms with E-state index in [0.29, 0.717) is 19.8 Å². The number of morpholine rings is 1. The number of ether oxygens (including phenoxy) is 1. The molecular weight excluding hydrogens is 289 g/mol. The lowest BCUT2D eigenvalue weighted by molar-refractivity contribution is -0.135. The van der Waals surface area contributed by atoms with Crippen LogP contribution in [-0.2, 0) is 16.1 Å². The maximum atomic E-state index is 12.1. The fourth-order valence-corrected chi connectivity index (χ4v) is 1.83. The molecule has 1 aliphatic rings. The molecule has 0 aliphatic carbocycles. The maximum Gasteiger partial charge on any atom is 0.242 e. The van der Waals surface area contributed by atoms with E-state index in [1.54, 1.807) is 24.3 Å². The molecule has 2 rings (SSSR count). The lowest BCUT2D eigenvalue weighted by atomic mass is 10.2. The Morgan fingerprint density at radius 3 is 2.95 bits per heavy atom. The fourth-order valence-electron chi connectivity index (χ4n) is 1.83. The molecule has 0 radical (unpaired) electrons. The van der Waals surface area contributed by atoms with E-state index in [-0.39, 0.29) is 36.8 Å². The van der Waals surface area contributed by atoms with Crippen LogP contribution in [-0.4, -0.2) is 48.6 Å². The van der Waals surface area contributed by atoms with Gasteiger partial charge >= 0.3 is 0 Å². The second-order valence-electron chi connectivity index (χ2n) is 4.14. The van der Waals surface area contributed by atoms with Gasteiger partial charge in [-0.15, -0.1) is 24.8 Å². The Kier molecular flexibility index (Phi) is 8.67. The summed E-state index contributed by atoms with van der Waals surface area (Å²) < 4.78 is 5.28. The Bertz CT molecular complexity index is 372. The van der Waals surface area contributed by atoms with Crippen molar-refractivity contribution in [3.8, 4) is 0 Å². The van der Waals surface area contributed by atoms with Crippen molar-refractivity contribution in [2.24, 2.45) is 0 Å². The van der Waals surface area contributed by atoms with Gasteiger partial charge in [0.2, 0.25) is 5.91 Å². The topological polar surface area (TPSA) is 54.5 Å². The average Bonchev–Trinajstić information content (AvgIpc) is 2.40. The first-order valence-corrected chi connectivity index (χ1v) is 5.72. The molecule has 0 saturated carbocycles. The Morgan fingerprint density at radius 1 is 1.58 bits per heavy atom. The van der Waals surface area contributed by atoms with Gasteiger partial charge in [0.15, 0.2) is 0 Å². The highest BCUT2D eigenvalue weighted by Crippen LogP contribution is 2.04. The number of hydrogen-bond acceptors (Lipinski definition) is 4. The zero-order valence-corrected chi connectivity index (χ0v) is 12.4. The second kappa shape index (κ2) is 9.09. The molecule has 1 aromatic rings. The minimum atomic E-state index is -0.217. The van der Waals surface area contributed by atoms with E-state index in [1.165, 1.54) is 0 Å². The van der Waals surface area contributed by atoms with Crippen LogP contribution < -0.4 is 5.32 Å². The van der Waals surface area contributed by atoms with E-state index in [4.69, 9.17) is 4.74 Å². The van der Waals surface area contributed by atoms with Gasteiger partial charge in [-0.1, -0.05) is 6.07 Å². The highest BCUT2D eigenvalue weighted by Gasteiger charge is 2.24. The van der Waals surface area contributed by atoms with Crippen LogP contribution in [0.3, 0.4) is 0 Å². The van der Waals surface area contributed by atoms with E-state index in [9.17, 15) is 4.79 Å². The predicted octanol–water partition coefficient (Wildman–Crippen LogP) is 0.872. The van der Waals surface area contributed by atoms with E-state index in [2.05, 4.69) is 10.3 Å². The lowest BCUT2D eigenvalue weighted by Gasteiger charge is -2.27. The van der Waals surface area contributed by atoms with Crippen LogP contribution in [0.4, 0.5) is 0 Å². The zero-order valence-electron chi connectivity index (χ0n) is 10.7. The summed E-state index contributed by atoms with van der Waals surface area (Å²) >= 11 is 0. The molecule has 7 heteroatoms. The van der Waals surface area contributed by atoms with Crippen LogP contribution in [0.25, 0.3) is 0 Å². The second-order valence-corrected chi connectivity index (χ2v) is 4.14. The third-order valence-electron chi connectivity index (χ3n) is 2.74. The van der Waals surface area contributed by atoms with Gasteiger partial charge in [-0.2, -0.15) is 0 Å². The third-order valence-corrected chi connectivity index (χ3v) is 2.74. The Balaban J connectivity index is 0.00000162. The summed E-state index contributed by atoms with van der Waals surface area (Å²) in [6.45, 7) is 2.44. The number of pyridine rings is 1. The number of likely N-dealkylation sites (N-methyl/N-ethyl adjacent to an activating group) is 1. The summed E-state index contributed by atoms with van der Waals surface area (Å²) in [5.74, 6) is 0.0635. The molecule has 0 bridgehead atoms. The van der Waals surface area contributed by atoms with Gasteiger partial charge in [-0.25, -0.2) is 0 Å². The van der Waals surface area contributed by atoms with Crippen molar-refractivity contribution >= 4 is 30.7 Å². The molecular formula is C12H19Cl2N3O2. The largest absolute Gasteiger partial charge is 0.378 e. The fraction of sp³-hybridized carbons (Fsp3) is 0.500. The van der Waals surface area contributed by atoms with Crippen LogP contribution in [0.15, 0.2) is 24.5 Å². The van der Waals surface area contributed by atoms with Gasteiger partial charge in [0.05, 0.1) is 13.2 Å². The van der Waals surface area contributed by atoms with Crippen LogP contribution in [0.5, 0.6) is 0 Å². The Morgan fingerprint density at radius 2 is 2.37 bits per heavy atom. The number of carbonyl (C=O) groups excluding carboxylic acids is 1. The number of carbonyl (C=O) groups is 1. The van der Waals surface area contributed by atoms with Crippen LogP contribution in [0.1, 0.15) is 5.56 Å². The van der Waals surface area contributed by atoms with Crippen LogP contribution >= 0.6 is 24.8 Å². The number of halogens is 2. The van der Waals surface area contributed by atoms with Gasteiger partial charge in [-0.05, 0) is 11.6 Å². The number of rotatable bonds is 3. The monoisotopic (exact) mass is 307 g/mol. The summed E-state index contributed by atoms with van der Waals surface area (Å²) in [7, 11) is 1.80. The number of nitrogens with zero attached hydrogens (tertiary/aromatic N) is 2. The van der Waals surface area contributed by atoms with Gasteiger partial charge < -0.3 is 15.0 Å². The minimum Gasteiger partial charge on any atom is -0.378 e. The van der Waals surface area contributed by atoms with E-state index < -0.39 is 0 Å². The van der Waals surface area contributed by atoms with Crippen LogP contribution in [0, 0.1) is 0 Å². The Hall–Kier alpha value is -0.880. The maximum absolute atomic E-state index is 12.1. The number of nitrogens with one attached hydrogen (secondary N) is 1. The molecule has 1 unspecified atom stereocenters. The summed E-state index contributed by atoms with van der Waals surface area (Å²) in [4.78, 5) is 17.8. The summed E-state index contributed by atoms with van der Waals surface area (Å²) in [5.41, 5.74) is 1.03. The zero-order chi connectivity index (χ0) is 12.1. The van der Waals surface area contributed by atoms with E-state index in [0.717, 1.165) is 12.1 Å². The first-order chi connectivity index (χ1) is 8.27. The van der Waals surface area contributed by atoms with Crippen molar-refractivity contribution in [3.63, 3.8) is 0 Å². The molecule has 2 heterocycles. The first kappa shape index (κ1) is 18.1. The minimum absolute atomic E-state index is 0. The highest BCUT2D eigenvalue weighted by molar-refractivity contribution is 5.85. The first-order valence-electron chi connectivity index (χ1n) is 5.72. The molecule has 0 aromatic carbocycles. The molecule has 1 aliphatic heterocycles. The average molecular weight is 308 g/mol. The van der Waals surface area contributed by atoms with Crippen molar-refractivity contribution in [2.75, 3.05) is 26.8 Å². The molecule has 1 amide bonds. The number of amides is 1. The van der Waals surface area contributed by atoms with Crippen molar-refractivity contribution in [2.45, 2.75) is 12.6 Å². The van der Waals surface area contributed by atoms with Crippen LogP contribution in [0.2, 0.25) is 0 Å². The van der Waals surface area contributed by atoms with E-state index in [1.807, 2.05) is 12.1 Å². The SMILES string of the molecule is CN(Cc1cccnc1)C(=O)C1COCCN1.Cl.Cl. The molecule has 1 N–H and O–H groups in total. The van der Waals surface area contributed by atoms with Gasteiger partial charge in [-0.3, -0.25) is 9.78 Å². The molecule has 1 atom stereocenters.